The molecule has 0 aliphatic rings. The molecule has 62 valence electrons. The van der Waals surface area contributed by atoms with Gasteiger partial charge in [0.2, 0.25) is 0 Å². The molecule has 0 amide bonds. The van der Waals surface area contributed by atoms with Crippen LogP contribution in [-0.4, -0.2) is 33.4 Å². The SMILES string of the molecule is [Tl][n]1cnc(Cc2ccccc2)c1. The van der Waals surface area contributed by atoms with Crippen LogP contribution in [0.25, 0.3) is 0 Å². The minimum atomic E-state index is 0.821. The van der Waals surface area contributed by atoms with Gasteiger partial charge in [-0.15, -0.1) is 0 Å². The average molecular weight is 362 g/mol. The molecule has 2 aromatic rings. The van der Waals surface area contributed by atoms with Crippen LogP contribution in [0.5, 0.6) is 0 Å². The van der Waals surface area contributed by atoms with Gasteiger partial charge in [0.15, 0.2) is 0 Å². The molecule has 0 aliphatic heterocycles. The zero-order valence-electron chi connectivity index (χ0n) is 7.22. The Hall–Kier alpha value is -0.648. The molecule has 0 radical (unpaired) electrons. The predicted molar refractivity (Wildman–Crippen MR) is 52.6 cm³/mol. The molecule has 1 aromatic heterocycles. The Morgan fingerprint density at radius 1 is 1.23 bits per heavy atom. The second kappa shape index (κ2) is 4.04. The van der Waals surface area contributed by atoms with E-state index in [-0.39, 0.29) is 0 Å². The van der Waals surface area contributed by atoms with Crippen molar-refractivity contribution in [3.8, 4) is 0 Å². The zero-order chi connectivity index (χ0) is 9.10. The Kier molecular flexibility index (Phi) is 2.78. The monoisotopic (exact) mass is 362 g/mol. The fourth-order valence-electron chi connectivity index (χ4n) is 1.28. The maximum atomic E-state index is 4.32. The molecule has 0 fully saturated rings. The third kappa shape index (κ3) is 2.40. The summed E-state index contributed by atoms with van der Waals surface area (Å²) in [6, 6.07) is 10.4. The molecule has 2 nitrogen and oxygen atoms in total. The van der Waals surface area contributed by atoms with Crippen molar-refractivity contribution in [1.29, 1.82) is 0 Å². The van der Waals surface area contributed by atoms with Crippen LogP contribution in [0.2, 0.25) is 0 Å². The van der Waals surface area contributed by atoms with Crippen LogP contribution in [0.1, 0.15) is 11.3 Å². The number of hydrogen-bond donors (Lipinski definition) is 0. The summed E-state index contributed by atoms with van der Waals surface area (Å²) in [5.41, 5.74) is 2.49. The Balaban J connectivity index is 2.15. The van der Waals surface area contributed by atoms with E-state index in [1.165, 1.54) is 5.56 Å². The van der Waals surface area contributed by atoms with Crippen LogP contribution < -0.4 is 0 Å². The zero-order valence-corrected chi connectivity index (χ0v) is 11.7. The van der Waals surface area contributed by atoms with Gasteiger partial charge in [-0.2, -0.15) is 0 Å². The Morgan fingerprint density at radius 3 is 2.62 bits per heavy atom. The van der Waals surface area contributed by atoms with Crippen molar-refractivity contribution in [3.63, 3.8) is 0 Å². The first-order chi connectivity index (χ1) is 6.34. The average Bonchev–Trinajstić information content (AvgIpc) is 2.53. The Bertz CT molecular complexity index is 381. The van der Waals surface area contributed by atoms with Gasteiger partial charge in [0.05, 0.1) is 0 Å². The molecule has 3 heteroatoms. The summed E-state index contributed by atoms with van der Waals surface area (Å²) in [6.45, 7) is 0. The first-order valence-corrected chi connectivity index (χ1v) is 6.17. The number of aromatic nitrogens is 2. The maximum absolute atomic E-state index is 4.32. The summed E-state index contributed by atoms with van der Waals surface area (Å²) in [6.07, 6.45) is 4.97. The van der Waals surface area contributed by atoms with E-state index in [0.717, 1.165) is 38.2 Å². The topological polar surface area (TPSA) is 17.8 Å². The fourth-order valence-corrected chi connectivity index (χ4v) is 2.20. The first-order valence-electron chi connectivity index (χ1n) is 4.16. The van der Waals surface area contributed by atoms with Crippen LogP contribution in [0.4, 0.5) is 0 Å². The van der Waals surface area contributed by atoms with E-state index in [1.807, 2.05) is 12.4 Å². The molecule has 2 rings (SSSR count). The standard InChI is InChI=1S/C10H9N2.Tl/c1-2-4-9(5-3-1)6-10-7-11-8-12-10;/h1-5,7-8H,6H2;/q-1;+1. The summed E-state index contributed by atoms with van der Waals surface area (Å²) in [4.78, 5) is 4.32. The van der Waals surface area contributed by atoms with Crippen molar-refractivity contribution >= 4 is 26.1 Å². The fraction of sp³-hybridized carbons (Fsp3) is 0.100. The molecule has 0 aliphatic carbocycles. The molecular weight excluding hydrogens is 353 g/mol. The van der Waals surface area contributed by atoms with Crippen LogP contribution in [0.3, 0.4) is 0 Å². The number of imidazole rings is 1. The van der Waals surface area contributed by atoms with Gasteiger partial charge >= 0.3 is 94.0 Å². The molecule has 0 saturated heterocycles. The summed E-state index contributed by atoms with van der Waals surface area (Å²) >= 11 is 0.821. The van der Waals surface area contributed by atoms with Crippen molar-refractivity contribution in [2.45, 2.75) is 6.42 Å². The van der Waals surface area contributed by atoms with Gasteiger partial charge in [-0.3, -0.25) is 0 Å². The number of benzene rings is 1. The normalized spacial score (nSPS) is 10.1. The van der Waals surface area contributed by atoms with E-state index in [2.05, 4.69) is 37.8 Å². The predicted octanol–water partition coefficient (Wildman–Crippen LogP) is 1.41. The summed E-state index contributed by atoms with van der Waals surface area (Å²) in [5.74, 6) is 0. The minimum absolute atomic E-state index is 0.821. The van der Waals surface area contributed by atoms with Gasteiger partial charge < -0.3 is 0 Å². The van der Waals surface area contributed by atoms with Gasteiger partial charge in [0.1, 0.15) is 0 Å². The van der Waals surface area contributed by atoms with Gasteiger partial charge in [-0.25, -0.2) is 0 Å². The molecule has 0 bridgehead atoms. The molecule has 0 saturated carbocycles. The van der Waals surface area contributed by atoms with Crippen LogP contribution >= 0.6 is 0 Å². The van der Waals surface area contributed by atoms with Gasteiger partial charge in [0, 0.05) is 0 Å². The second-order valence-electron chi connectivity index (χ2n) is 2.97. The molecule has 1 heterocycles. The first kappa shape index (κ1) is 8.93. The van der Waals surface area contributed by atoms with Crippen LogP contribution in [-0.2, 0) is 6.42 Å². The summed E-state index contributed by atoms with van der Waals surface area (Å²) in [5, 5.41) is 0. The summed E-state index contributed by atoms with van der Waals surface area (Å²) in [7, 11) is 0. The third-order valence-corrected chi connectivity index (χ3v) is 2.98. The van der Waals surface area contributed by atoms with E-state index in [1.54, 1.807) is 0 Å². The quantitative estimate of drug-likeness (QED) is 0.740. The molecule has 0 spiro atoms. The van der Waals surface area contributed by atoms with Crippen molar-refractivity contribution < 1.29 is 0 Å². The van der Waals surface area contributed by atoms with Gasteiger partial charge in [0.25, 0.3) is 0 Å². The van der Waals surface area contributed by atoms with Crippen molar-refractivity contribution in [2.75, 3.05) is 0 Å². The van der Waals surface area contributed by atoms with Crippen LogP contribution in [0.15, 0.2) is 42.9 Å². The van der Waals surface area contributed by atoms with E-state index in [0.29, 0.717) is 0 Å². The number of rotatable bonds is 2. The number of nitrogens with zero attached hydrogens (tertiary/aromatic N) is 2. The van der Waals surface area contributed by atoms with E-state index in [4.69, 9.17) is 0 Å². The molecule has 0 atom stereocenters. The van der Waals surface area contributed by atoms with E-state index >= 15 is 0 Å². The van der Waals surface area contributed by atoms with Gasteiger partial charge in [-0.05, 0) is 0 Å². The van der Waals surface area contributed by atoms with Crippen LogP contribution in [0, 0.1) is 0 Å². The summed E-state index contributed by atoms with van der Waals surface area (Å²) < 4.78 is 2.14. The van der Waals surface area contributed by atoms with E-state index in [9.17, 15) is 0 Å². The van der Waals surface area contributed by atoms with Crippen molar-refractivity contribution in [2.24, 2.45) is 0 Å². The van der Waals surface area contributed by atoms with Crippen molar-refractivity contribution in [3.05, 3.63) is 54.1 Å². The van der Waals surface area contributed by atoms with Gasteiger partial charge in [-0.1, -0.05) is 0 Å². The molecule has 0 unspecified atom stereocenters. The molecule has 0 N–H and O–H groups in total. The van der Waals surface area contributed by atoms with E-state index < -0.39 is 0 Å². The second-order valence-corrected chi connectivity index (χ2v) is 5.29. The Labute approximate surface area is 93.7 Å². The molecular formula is C10H9N2Tl. The van der Waals surface area contributed by atoms with Crippen molar-refractivity contribution in [1.82, 2.24) is 7.36 Å². The Morgan fingerprint density at radius 2 is 2.00 bits per heavy atom. The molecule has 1 aromatic carbocycles. The molecule has 13 heavy (non-hydrogen) atoms. The third-order valence-electron chi connectivity index (χ3n) is 1.88. The number of hydrogen-bond acceptors (Lipinski definition) is 1.